The number of rotatable bonds is 5. The number of piperidine rings is 1. The number of halogens is 3. The van der Waals surface area contributed by atoms with Crippen molar-refractivity contribution in [1.29, 1.82) is 0 Å². The van der Waals surface area contributed by atoms with E-state index in [0.717, 1.165) is 19.4 Å². The van der Waals surface area contributed by atoms with Gasteiger partial charge in [-0.05, 0) is 31.5 Å². The third-order valence-corrected chi connectivity index (χ3v) is 3.98. The molecule has 0 aromatic heterocycles. The van der Waals surface area contributed by atoms with Gasteiger partial charge in [0.05, 0.1) is 5.02 Å². The zero-order valence-corrected chi connectivity index (χ0v) is 13.8. The maximum atomic E-state index is 11.2. The average Bonchev–Trinajstić information content (AvgIpc) is 2.43. The van der Waals surface area contributed by atoms with Gasteiger partial charge in [-0.25, -0.2) is 0 Å². The molecule has 0 saturated carbocycles. The van der Waals surface area contributed by atoms with Crippen molar-refractivity contribution in [1.82, 2.24) is 4.90 Å². The lowest BCUT2D eigenvalue weighted by molar-refractivity contribution is -0.144. The molecule has 1 aromatic rings. The zero-order chi connectivity index (χ0) is 14.5. The first kappa shape index (κ1) is 18.4. The SMILES string of the molecule is Cl.O=C(O)C1CCCCN1CCOc1cc(Cl)ccc1Cl. The minimum absolute atomic E-state index is 0. The molecular weight excluding hydrogens is 337 g/mol. The van der Waals surface area contributed by atoms with Crippen molar-refractivity contribution >= 4 is 41.6 Å². The van der Waals surface area contributed by atoms with Gasteiger partial charge < -0.3 is 9.84 Å². The summed E-state index contributed by atoms with van der Waals surface area (Å²) in [5.74, 6) is -0.228. The van der Waals surface area contributed by atoms with Crippen LogP contribution < -0.4 is 4.74 Å². The zero-order valence-electron chi connectivity index (χ0n) is 11.4. The Balaban J connectivity index is 0.00000220. The predicted octanol–water partition coefficient (Wildman–Crippen LogP) is 3.73. The van der Waals surface area contributed by atoms with E-state index in [0.29, 0.717) is 35.4 Å². The van der Waals surface area contributed by atoms with Crippen LogP contribution in [0.5, 0.6) is 5.75 Å². The lowest BCUT2D eigenvalue weighted by atomic mass is 10.0. The molecule has 1 aromatic carbocycles. The monoisotopic (exact) mass is 353 g/mol. The molecule has 4 nitrogen and oxygen atoms in total. The first-order valence-electron chi connectivity index (χ1n) is 6.62. The second-order valence-corrected chi connectivity index (χ2v) is 5.65. The van der Waals surface area contributed by atoms with Crippen LogP contribution in [0.15, 0.2) is 18.2 Å². The first-order valence-corrected chi connectivity index (χ1v) is 7.38. The molecule has 7 heteroatoms. The number of carboxylic acids is 1. The fraction of sp³-hybridized carbons (Fsp3) is 0.500. The van der Waals surface area contributed by atoms with E-state index in [4.69, 9.17) is 27.9 Å². The number of nitrogens with zero attached hydrogens (tertiary/aromatic N) is 1. The van der Waals surface area contributed by atoms with Gasteiger partial charge in [0.25, 0.3) is 0 Å². The van der Waals surface area contributed by atoms with Crippen molar-refractivity contribution in [2.45, 2.75) is 25.3 Å². The van der Waals surface area contributed by atoms with Gasteiger partial charge in [0.2, 0.25) is 0 Å². The van der Waals surface area contributed by atoms with Crippen LogP contribution in [0.3, 0.4) is 0 Å². The van der Waals surface area contributed by atoms with E-state index in [9.17, 15) is 9.90 Å². The smallest absolute Gasteiger partial charge is 0.320 e. The Labute approximate surface area is 140 Å². The van der Waals surface area contributed by atoms with Crippen molar-refractivity contribution in [2.24, 2.45) is 0 Å². The number of likely N-dealkylation sites (tertiary alicyclic amines) is 1. The second kappa shape index (κ2) is 8.69. The van der Waals surface area contributed by atoms with E-state index in [1.807, 2.05) is 4.90 Å². The molecule has 118 valence electrons. The molecule has 1 N–H and O–H groups in total. The summed E-state index contributed by atoms with van der Waals surface area (Å²) in [5.41, 5.74) is 0. The standard InChI is InChI=1S/C14H17Cl2NO3.ClH/c15-10-4-5-11(16)13(9-10)20-8-7-17-6-2-1-3-12(17)14(18)19;/h4-5,9,12H,1-3,6-8H2,(H,18,19);1H. The van der Waals surface area contributed by atoms with E-state index in [1.165, 1.54) is 0 Å². The van der Waals surface area contributed by atoms with E-state index < -0.39 is 12.0 Å². The molecular formula is C14H18Cl3NO3. The number of carbonyl (C=O) groups is 1. The summed E-state index contributed by atoms with van der Waals surface area (Å²) in [6, 6.07) is 4.64. The molecule has 0 spiro atoms. The molecule has 0 radical (unpaired) electrons. The van der Waals surface area contributed by atoms with Crippen LogP contribution in [0.2, 0.25) is 10.0 Å². The molecule has 0 aliphatic carbocycles. The third-order valence-electron chi connectivity index (χ3n) is 3.43. The van der Waals surface area contributed by atoms with Crippen LogP contribution in [0, 0.1) is 0 Å². The Bertz CT molecular complexity index is 485. The summed E-state index contributed by atoms with van der Waals surface area (Å²) >= 11 is 11.9. The van der Waals surface area contributed by atoms with Gasteiger partial charge in [-0.1, -0.05) is 29.6 Å². The summed E-state index contributed by atoms with van der Waals surface area (Å²) in [4.78, 5) is 13.1. The lowest BCUT2D eigenvalue weighted by Gasteiger charge is -2.32. The van der Waals surface area contributed by atoms with E-state index >= 15 is 0 Å². The van der Waals surface area contributed by atoms with Crippen molar-refractivity contribution in [3.63, 3.8) is 0 Å². The summed E-state index contributed by atoms with van der Waals surface area (Å²) in [6.07, 6.45) is 2.70. The quantitative estimate of drug-likeness (QED) is 0.875. The first-order chi connectivity index (χ1) is 9.58. The number of ether oxygens (including phenoxy) is 1. The molecule has 1 heterocycles. The van der Waals surface area contributed by atoms with Crippen LogP contribution in [-0.4, -0.2) is 41.7 Å². The summed E-state index contributed by atoms with van der Waals surface area (Å²) in [5, 5.41) is 10.2. The lowest BCUT2D eigenvalue weighted by Crippen LogP contribution is -2.46. The van der Waals surface area contributed by atoms with Crippen molar-refractivity contribution < 1.29 is 14.6 Å². The number of aliphatic carboxylic acids is 1. The Morgan fingerprint density at radius 1 is 1.38 bits per heavy atom. The Morgan fingerprint density at radius 3 is 2.86 bits per heavy atom. The molecule has 1 unspecified atom stereocenters. The second-order valence-electron chi connectivity index (χ2n) is 4.81. The van der Waals surface area contributed by atoms with Gasteiger partial charge in [0.1, 0.15) is 18.4 Å². The van der Waals surface area contributed by atoms with E-state index in [2.05, 4.69) is 0 Å². The molecule has 0 bridgehead atoms. The minimum atomic E-state index is -0.759. The predicted molar refractivity (Wildman–Crippen MR) is 86.1 cm³/mol. The summed E-state index contributed by atoms with van der Waals surface area (Å²) < 4.78 is 5.60. The van der Waals surface area contributed by atoms with Gasteiger partial charge in [0.15, 0.2) is 0 Å². The molecule has 2 rings (SSSR count). The minimum Gasteiger partial charge on any atom is -0.491 e. The highest BCUT2D eigenvalue weighted by Gasteiger charge is 2.27. The highest BCUT2D eigenvalue weighted by Crippen LogP contribution is 2.27. The van der Waals surface area contributed by atoms with E-state index in [-0.39, 0.29) is 12.4 Å². The molecule has 0 amide bonds. The number of carboxylic acid groups (broad SMARTS) is 1. The summed E-state index contributed by atoms with van der Waals surface area (Å²) in [7, 11) is 0. The maximum absolute atomic E-state index is 11.2. The normalized spacial score (nSPS) is 18.9. The summed E-state index contributed by atoms with van der Waals surface area (Å²) in [6.45, 7) is 1.76. The van der Waals surface area contributed by atoms with Gasteiger partial charge in [0, 0.05) is 17.6 Å². The average molecular weight is 355 g/mol. The fourth-order valence-electron chi connectivity index (χ4n) is 2.40. The van der Waals surface area contributed by atoms with Gasteiger partial charge >= 0.3 is 5.97 Å². The van der Waals surface area contributed by atoms with Crippen molar-refractivity contribution in [3.8, 4) is 5.75 Å². The van der Waals surface area contributed by atoms with Crippen molar-refractivity contribution in [3.05, 3.63) is 28.2 Å². The van der Waals surface area contributed by atoms with Gasteiger partial charge in [-0.2, -0.15) is 0 Å². The molecule has 1 fully saturated rings. The molecule has 1 aliphatic heterocycles. The number of benzene rings is 1. The number of hydrogen-bond donors (Lipinski definition) is 1. The van der Waals surface area contributed by atoms with Gasteiger partial charge in [-0.15, -0.1) is 12.4 Å². The topological polar surface area (TPSA) is 49.8 Å². The highest BCUT2D eigenvalue weighted by molar-refractivity contribution is 6.34. The van der Waals surface area contributed by atoms with Crippen LogP contribution in [0.1, 0.15) is 19.3 Å². The Hall–Kier alpha value is -0.680. The van der Waals surface area contributed by atoms with E-state index in [1.54, 1.807) is 18.2 Å². The molecule has 1 atom stereocenters. The molecule has 1 aliphatic rings. The third kappa shape index (κ3) is 5.22. The number of hydrogen-bond acceptors (Lipinski definition) is 3. The highest BCUT2D eigenvalue weighted by atomic mass is 35.5. The molecule has 21 heavy (non-hydrogen) atoms. The fourth-order valence-corrected chi connectivity index (χ4v) is 2.73. The van der Waals surface area contributed by atoms with Gasteiger partial charge in [-0.3, -0.25) is 9.69 Å². The van der Waals surface area contributed by atoms with Crippen LogP contribution in [0.4, 0.5) is 0 Å². The maximum Gasteiger partial charge on any atom is 0.320 e. The molecule has 1 saturated heterocycles. The Morgan fingerprint density at radius 2 is 2.14 bits per heavy atom. The Kier molecular flexibility index (Phi) is 7.60. The van der Waals surface area contributed by atoms with Crippen LogP contribution in [0.25, 0.3) is 0 Å². The van der Waals surface area contributed by atoms with Crippen molar-refractivity contribution in [2.75, 3.05) is 19.7 Å². The van der Waals surface area contributed by atoms with Crippen LogP contribution in [-0.2, 0) is 4.79 Å². The van der Waals surface area contributed by atoms with Crippen LogP contribution >= 0.6 is 35.6 Å². The largest absolute Gasteiger partial charge is 0.491 e.